The predicted molar refractivity (Wildman–Crippen MR) is 121 cm³/mol. The largest absolute Gasteiger partial charge is 0.347 e. The standard InChI is InChI=1S/C23H24ClN3S/c1-16(12-26(2)3)13-27-14-22(21-9-20(24)4-5-23(21)27)19-8-18(10-25-11-19)17-6-7-28-15-17/h4-11,14-16H,12-13H2,1-3H3. The van der Waals surface area contributed by atoms with Crippen molar-refractivity contribution in [3.8, 4) is 22.3 Å². The molecule has 3 aromatic heterocycles. The van der Waals surface area contributed by atoms with Crippen molar-refractivity contribution >= 4 is 33.8 Å². The summed E-state index contributed by atoms with van der Waals surface area (Å²) in [5, 5.41) is 6.19. The van der Waals surface area contributed by atoms with Crippen molar-refractivity contribution in [3.63, 3.8) is 0 Å². The van der Waals surface area contributed by atoms with Crippen molar-refractivity contribution in [2.24, 2.45) is 5.92 Å². The van der Waals surface area contributed by atoms with Crippen LogP contribution in [0.3, 0.4) is 0 Å². The fourth-order valence-electron chi connectivity index (χ4n) is 3.84. The lowest BCUT2D eigenvalue weighted by atomic mass is 10.0. The maximum absolute atomic E-state index is 6.34. The molecule has 28 heavy (non-hydrogen) atoms. The van der Waals surface area contributed by atoms with Crippen molar-refractivity contribution in [2.75, 3.05) is 20.6 Å². The van der Waals surface area contributed by atoms with Gasteiger partial charge in [0.1, 0.15) is 0 Å². The Morgan fingerprint density at radius 1 is 1.11 bits per heavy atom. The summed E-state index contributed by atoms with van der Waals surface area (Å²) in [6, 6.07) is 10.5. The van der Waals surface area contributed by atoms with Gasteiger partial charge in [-0.2, -0.15) is 11.3 Å². The first kappa shape index (κ1) is 19.2. The van der Waals surface area contributed by atoms with E-state index in [1.165, 1.54) is 22.0 Å². The molecule has 0 radical (unpaired) electrons. The van der Waals surface area contributed by atoms with E-state index in [1.807, 2.05) is 18.5 Å². The zero-order chi connectivity index (χ0) is 19.7. The highest BCUT2D eigenvalue weighted by Crippen LogP contribution is 2.34. The molecule has 5 heteroatoms. The van der Waals surface area contributed by atoms with Crippen LogP contribution < -0.4 is 0 Å². The molecule has 0 fully saturated rings. The summed E-state index contributed by atoms with van der Waals surface area (Å²) in [7, 11) is 4.24. The number of fused-ring (bicyclic) bond motifs is 1. The van der Waals surface area contributed by atoms with Gasteiger partial charge in [-0.3, -0.25) is 4.98 Å². The molecule has 1 aromatic carbocycles. The summed E-state index contributed by atoms with van der Waals surface area (Å²) >= 11 is 8.05. The minimum atomic E-state index is 0.546. The maximum atomic E-state index is 6.34. The van der Waals surface area contributed by atoms with Crippen LogP contribution in [0.4, 0.5) is 0 Å². The number of thiophene rings is 1. The molecule has 144 valence electrons. The van der Waals surface area contributed by atoms with Crippen LogP contribution in [0, 0.1) is 5.92 Å². The van der Waals surface area contributed by atoms with Crippen LogP contribution in [-0.2, 0) is 6.54 Å². The summed E-state index contributed by atoms with van der Waals surface area (Å²) in [5.74, 6) is 0.546. The lowest BCUT2D eigenvalue weighted by Gasteiger charge is -2.18. The Kier molecular flexibility index (Phi) is 5.54. The first-order valence-electron chi connectivity index (χ1n) is 9.42. The minimum absolute atomic E-state index is 0.546. The van der Waals surface area contributed by atoms with E-state index in [9.17, 15) is 0 Å². The molecule has 4 aromatic rings. The number of aromatic nitrogens is 2. The van der Waals surface area contributed by atoms with Crippen molar-refractivity contribution in [1.29, 1.82) is 0 Å². The molecule has 0 spiro atoms. The summed E-state index contributed by atoms with van der Waals surface area (Å²) in [5.41, 5.74) is 5.86. The van der Waals surface area contributed by atoms with E-state index in [0.29, 0.717) is 5.92 Å². The topological polar surface area (TPSA) is 21.1 Å². The Morgan fingerprint density at radius 2 is 1.93 bits per heavy atom. The molecule has 4 rings (SSSR count). The summed E-state index contributed by atoms with van der Waals surface area (Å²) in [4.78, 5) is 6.75. The first-order chi connectivity index (χ1) is 13.5. The van der Waals surface area contributed by atoms with Gasteiger partial charge in [-0.15, -0.1) is 0 Å². The van der Waals surface area contributed by atoms with Crippen LogP contribution >= 0.6 is 22.9 Å². The monoisotopic (exact) mass is 409 g/mol. The Hall–Kier alpha value is -2.14. The second-order valence-electron chi connectivity index (χ2n) is 7.70. The van der Waals surface area contributed by atoms with Crippen LogP contribution in [0.5, 0.6) is 0 Å². The number of benzene rings is 1. The molecule has 0 saturated heterocycles. The zero-order valence-corrected chi connectivity index (χ0v) is 18.0. The minimum Gasteiger partial charge on any atom is -0.347 e. The Balaban J connectivity index is 1.79. The SMILES string of the molecule is CC(CN(C)C)Cn1cc(-c2cncc(-c3ccsc3)c2)c2cc(Cl)ccc21. The Morgan fingerprint density at radius 3 is 2.68 bits per heavy atom. The number of nitrogens with zero attached hydrogens (tertiary/aromatic N) is 3. The van der Waals surface area contributed by atoms with Gasteiger partial charge in [0.25, 0.3) is 0 Å². The summed E-state index contributed by atoms with van der Waals surface area (Å²) < 4.78 is 2.35. The Labute approximate surface area is 175 Å². The number of hydrogen-bond acceptors (Lipinski definition) is 3. The molecule has 0 bridgehead atoms. The highest BCUT2D eigenvalue weighted by atomic mass is 35.5. The number of hydrogen-bond donors (Lipinski definition) is 0. The number of rotatable bonds is 6. The number of halogens is 1. The van der Waals surface area contributed by atoms with Gasteiger partial charge in [-0.25, -0.2) is 0 Å². The predicted octanol–water partition coefficient (Wildman–Crippen LogP) is 6.28. The fourth-order valence-corrected chi connectivity index (χ4v) is 4.68. The van der Waals surface area contributed by atoms with E-state index >= 15 is 0 Å². The molecule has 0 saturated carbocycles. The third-order valence-corrected chi connectivity index (χ3v) is 5.85. The lowest BCUT2D eigenvalue weighted by molar-refractivity contribution is 0.318. The van der Waals surface area contributed by atoms with Crippen LogP contribution in [-0.4, -0.2) is 35.1 Å². The molecule has 0 N–H and O–H groups in total. The van der Waals surface area contributed by atoms with Gasteiger partial charge < -0.3 is 9.47 Å². The molecule has 0 aliphatic rings. The molecule has 3 heterocycles. The maximum Gasteiger partial charge on any atom is 0.0487 e. The van der Waals surface area contributed by atoms with Crippen molar-refractivity contribution < 1.29 is 0 Å². The molecule has 0 amide bonds. The van der Waals surface area contributed by atoms with Gasteiger partial charge in [0.15, 0.2) is 0 Å². The van der Waals surface area contributed by atoms with Crippen LogP contribution in [0.2, 0.25) is 5.02 Å². The second-order valence-corrected chi connectivity index (χ2v) is 8.91. The van der Waals surface area contributed by atoms with E-state index in [-0.39, 0.29) is 0 Å². The molecule has 1 unspecified atom stereocenters. The van der Waals surface area contributed by atoms with Crippen LogP contribution in [0.1, 0.15) is 6.92 Å². The highest BCUT2D eigenvalue weighted by molar-refractivity contribution is 7.08. The van der Waals surface area contributed by atoms with Gasteiger partial charge in [0.05, 0.1) is 0 Å². The lowest BCUT2D eigenvalue weighted by Crippen LogP contribution is -2.22. The third kappa shape index (κ3) is 4.00. The van der Waals surface area contributed by atoms with Crippen molar-refractivity contribution in [1.82, 2.24) is 14.5 Å². The van der Waals surface area contributed by atoms with E-state index < -0.39 is 0 Å². The van der Waals surface area contributed by atoms with E-state index in [0.717, 1.165) is 29.2 Å². The highest BCUT2D eigenvalue weighted by Gasteiger charge is 2.14. The van der Waals surface area contributed by atoms with Crippen molar-refractivity contribution in [2.45, 2.75) is 13.5 Å². The number of pyridine rings is 1. The average Bonchev–Trinajstić information content (AvgIpc) is 3.30. The summed E-state index contributed by atoms with van der Waals surface area (Å²) in [6.07, 6.45) is 6.12. The molecule has 1 atom stereocenters. The van der Waals surface area contributed by atoms with E-state index in [1.54, 1.807) is 11.3 Å². The van der Waals surface area contributed by atoms with Gasteiger partial charge in [0, 0.05) is 64.3 Å². The van der Waals surface area contributed by atoms with Crippen LogP contribution in [0.25, 0.3) is 33.2 Å². The molecule has 3 nitrogen and oxygen atoms in total. The third-order valence-electron chi connectivity index (χ3n) is 4.93. The molecular weight excluding hydrogens is 386 g/mol. The van der Waals surface area contributed by atoms with Gasteiger partial charge >= 0.3 is 0 Å². The van der Waals surface area contributed by atoms with E-state index in [4.69, 9.17) is 11.6 Å². The van der Waals surface area contributed by atoms with Gasteiger partial charge in [0.2, 0.25) is 0 Å². The smallest absolute Gasteiger partial charge is 0.0487 e. The fraction of sp³-hybridized carbons (Fsp3) is 0.261. The average molecular weight is 410 g/mol. The molecule has 0 aliphatic heterocycles. The second kappa shape index (κ2) is 8.08. The van der Waals surface area contributed by atoms with E-state index in [2.05, 4.69) is 76.7 Å². The zero-order valence-electron chi connectivity index (χ0n) is 16.4. The molecular formula is C23H24ClN3S. The first-order valence-corrected chi connectivity index (χ1v) is 10.7. The van der Waals surface area contributed by atoms with Crippen LogP contribution in [0.15, 0.2) is 59.7 Å². The normalized spacial score (nSPS) is 12.8. The quantitative estimate of drug-likeness (QED) is 0.373. The summed E-state index contributed by atoms with van der Waals surface area (Å²) in [6.45, 7) is 4.31. The van der Waals surface area contributed by atoms with Gasteiger partial charge in [-0.1, -0.05) is 18.5 Å². The Bertz CT molecular complexity index is 1080. The van der Waals surface area contributed by atoms with Gasteiger partial charge in [-0.05, 0) is 66.7 Å². The molecule has 0 aliphatic carbocycles. The van der Waals surface area contributed by atoms with Crippen molar-refractivity contribution in [3.05, 3.63) is 64.7 Å².